The van der Waals surface area contributed by atoms with E-state index in [1.165, 1.54) is 4.90 Å². The van der Waals surface area contributed by atoms with E-state index in [1.807, 2.05) is 42.5 Å². The molecule has 6 N–H and O–H groups in total. The number of carbonyl (C=O) groups excluding carboxylic acids is 1. The van der Waals surface area contributed by atoms with Gasteiger partial charge in [-0.15, -0.1) is 11.3 Å². The Bertz CT molecular complexity index is 2140. The van der Waals surface area contributed by atoms with Gasteiger partial charge in [0.25, 0.3) is 0 Å². The van der Waals surface area contributed by atoms with Crippen LogP contribution in [0.3, 0.4) is 0 Å². The molecular weight excluding hydrogens is 740 g/mol. The summed E-state index contributed by atoms with van der Waals surface area (Å²) in [6.07, 6.45) is 5.71. The van der Waals surface area contributed by atoms with Crippen molar-refractivity contribution in [1.29, 1.82) is 0 Å². The fourth-order valence-corrected chi connectivity index (χ4v) is 7.73. The Hall–Kier alpha value is -5.32. The Morgan fingerprint density at radius 3 is 2.36 bits per heavy atom. The normalized spacial score (nSPS) is 15.1. The zero-order valence-electron chi connectivity index (χ0n) is 29.8. The number of carbonyl (C=O) groups is 4. The predicted octanol–water partition coefficient (Wildman–Crippen LogP) is 5.58. The van der Waals surface area contributed by atoms with Crippen molar-refractivity contribution in [2.75, 3.05) is 13.1 Å². The van der Waals surface area contributed by atoms with Gasteiger partial charge in [-0.1, -0.05) is 55.0 Å². The van der Waals surface area contributed by atoms with E-state index in [2.05, 4.69) is 10.3 Å². The highest BCUT2D eigenvalue weighted by Gasteiger charge is 2.38. The van der Waals surface area contributed by atoms with Crippen molar-refractivity contribution in [1.82, 2.24) is 19.8 Å². The Balaban J connectivity index is 0.000000212. The quantitative estimate of drug-likeness (QED) is 0.0625. The number of fused-ring (bicyclic) bond motifs is 2. The van der Waals surface area contributed by atoms with Crippen LogP contribution in [0.1, 0.15) is 54.7 Å². The lowest BCUT2D eigenvalue weighted by Crippen LogP contribution is -2.54. The molecule has 1 amide bonds. The van der Waals surface area contributed by atoms with Gasteiger partial charge in [0.1, 0.15) is 30.0 Å². The number of hydrogen-bond donors (Lipinski definition) is 5. The number of carboxylic acid groups (broad SMARTS) is 3. The first-order chi connectivity index (χ1) is 26.4. The number of nitrogens with zero attached hydrogens (tertiary/aromatic N) is 3. The number of likely N-dealkylation sites (tertiary alicyclic amines) is 1. The van der Waals surface area contributed by atoms with Crippen LogP contribution in [0.2, 0.25) is 0 Å². The number of unbranched alkanes of at least 4 members (excludes halogenated alkanes) is 1. The number of benzene rings is 3. The summed E-state index contributed by atoms with van der Waals surface area (Å²) in [6.45, 7) is 0.667. The molecule has 0 aliphatic carbocycles. The lowest BCUT2D eigenvalue weighted by molar-refractivity contribution is -0.149. The number of hydrogen-bond acceptors (Lipinski definition) is 8. The van der Waals surface area contributed by atoms with Crippen molar-refractivity contribution < 1.29 is 47.7 Å². The van der Waals surface area contributed by atoms with Gasteiger partial charge in [-0.2, -0.15) is 0 Å². The van der Waals surface area contributed by atoms with Crippen molar-refractivity contribution in [3.05, 3.63) is 100 Å². The maximum Gasteiger partial charge on any atom is 0.326 e. The van der Waals surface area contributed by atoms with Crippen LogP contribution in [0.4, 0.5) is 13.2 Å². The third-order valence-electron chi connectivity index (χ3n) is 9.41. The number of para-hydroxylation sites is 1. The molecule has 3 atom stereocenters. The monoisotopic (exact) mass is 781 g/mol. The van der Waals surface area contributed by atoms with Crippen LogP contribution in [-0.2, 0) is 38.6 Å². The van der Waals surface area contributed by atoms with E-state index in [4.69, 9.17) is 10.8 Å². The lowest BCUT2D eigenvalue weighted by atomic mass is 10.0. The molecular formula is C39H42F3N5O7S. The molecule has 2 aromatic heterocycles. The van der Waals surface area contributed by atoms with Crippen LogP contribution in [0.25, 0.3) is 21.1 Å². The average molecular weight is 782 g/mol. The Morgan fingerprint density at radius 2 is 1.67 bits per heavy atom. The number of aliphatic carboxylic acids is 3. The zero-order valence-corrected chi connectivity index (χ0v) is 30.6. The summed E-state index contributed by atoms with van der Waals surface area (Å²) in [5.74, 6) is -6.64. The van der Waals surface area contributed by atoms with Gasteiger partial charge in [0.05, 0.1) is 15.7 Å². The molecule has 1 fully saturated rings. The number of carboxylic acids is 3. The average Bonchev–Trinajstić information content (AvgIpc) is 3.91. The molecule has 1 aliphatic heterocycles. The predicted molar refractivity (Wildman–Crippen MR) is 200 cm³/mol. The maximum absolute atomic E-state index is 13.9. The first-order valence-electron chi connectivity index (χ1n) is 17.9. The molecule has 292 valence electrons. The number of rotatable bonds is 16. The number of nitrogens with two attached hydrogens (primary N) is 1. The molecule has 55 heavy (non-hydrogen) atoms. The van der Waals surface area contributed by atoms with Crippen molar-refractivity contribution >= 4 is 56.3 Å². The number of halogens is 3. The van der Waals surface area contributed by atoms with Crippen LogP contribution >= 0.6 is 11.3 Å². The lowest BCUT2D eigenvalue weighted by Gasteiger charge is -2.29. The second-order valence-corrected chi connectivity index (χ2v) is 14.3. The van der Waals surface area contributed by atoms with Gasteiger partial charge in [0.15, 0.2) is 11.6 Å². The molecule has 3 aromatic carbocycles. The van der Waals surface area contributed by atoms with Gasteiger partial charge < -0.3 is 30.5 Å². The SMILES string of the molecule is NCCCC[C@H](N[C@@H](CCc1ccccc1)C(=O)O)C(=O)N1CCC[C@H]1C(=O)O.O=C(O)Cn1cc(Cc2nc3c(F)c(F)cc(F)c3s2)c2ccccc21. The third-order valence-corrected chi connectivity index (χ3v) is 10.5. The van der Waals surface area contributed by atoms with Crippen molar-refractivity contribution in [2.45, 2.75) is 76.0 Å². The molecule has 0 saturated carbocycles. The topological polar surface area (TPSA) is 188 Å². The van der Waals surface area contributed by atoms with Crippen molar-refractivity contribution in [3.63, 3.8) is 0 Å². The molecule has 0 spiro atoms. The minimum Gasteiger partial charge on any atom is -0.480 e. The van der Waals surface area contributed by atoms with Crippen molar-refractivity contribution in [2.24, 2.45) is 5.73 Å². The summed E-state index contributed by atoms with van der Waals surface area (Å²) in [5, 5.41) is 32.3. The molecule has 1 saturated heterocycles. The van der Waals surface area contributed by atoms with Gasteiger partial charge in [-0.3, -0.25) is 19.7 Å². The third kappa shape index (κ3) is 10.3. The Morgan fingerprint density at radius 1 is 0.945 bits per heavy atom. The maximum atomic E-state index is 13.9. The van der Waals surface area contributed by atoms with E-state index < -0.39 is 53.5 Å². The van der Waals surface area contributed by atoms with E-state index >= 15 is 0 Å². The molecule has 1 aliphatic rings. The Kier molecular flexibility index (Phi) is 14.0. The van der Waals surface area contributed by atoms with Crippen LogP contribution < -0.4 is 11.1 Å². The van der Waals surface area contributed by atoms with Gasteiger partial charge in [-0.25, -0.2) is 22.9 Å². The second kappa shape index (κ2) is 18.8. The highest BCUT2D eigenvalue weighted by molar-refractivity contribution is 7.18. The molecule has 16 heteroatoms. The summed E-state index contributed by atoms with van der Waals surface area (Å²) in [4.78, 5) is 52.8. The minimum atomic E-state index is -1.27. The highest BCUT2D eigenvalue weighted by atomic mass is 32.1. The molecule has 12 nitrogen and oxygen atoms in total. The molecule has 6 rings (SSSR count). The molecule has 0 radical (unpaired) electrons. The van der Waals surface area contributed by atoms with Crippen LogP contribution in [0.15, 0.2) is 66.9 Å². The first kappa shape index (κ1) is 40.9. The van der Waals surface area contributed by atoms with E-state index in [0.717, 1.165) is 39.8 Å². The largest absolute Gasteiger partial charge is 0.480 e. The van der Waals surface area contributed by atoms with E-state index in [1.54, 1.807) is 22.9 Å². The van der Waals surface area contributed by atoms with E-state index in [0.29, 0.717) is 62.7 Å². The summed E-state index contributed by atoms with van der Waals surface area (Å²) in [7, 11) is 0. The van der Waals surface area contributed by atoms with Crippen LogP contribution in [0.5, 0.6) is 0 Å². The number of aromatic nitrogens is 2. The van der Waals surface area contributed by atoms with Crippen molar-refractivity contribution in [3.8, 4) is 0 Å². The Labute approximate surface area is 318 Å². The van der Waals surface area contributed by atoms with Crippen LogP contribution in [0, 0.1) is 17.5 Å². The number of amides is 1. The fraction of sp³-hybridized carbons (Fsp3) is 0.359. The standard InChI is InChI=1S/C21H31N3O5.C18H11F3N2O2S/c22-13-5-4-9-16(19(25)24-14-6-10-18(24)21(28)29)23-17(20(26)27)12-11-15-7-2-1-3-8-15;19-11-6-12(20)18-17(16(11)21)22-14(26-18)5-9-7-23(8-15(24)25)13-4-2-1-3-10(9)13/h1-3,7-8,16-18,23H,4-6,9-14,22H2,(H,26,27)(H,28,29);1-4,6-7H,5,8H2,(H,24,25)/t16-,17-,18-;/m0./s1. The molecule has 0 bridgehead atoms. The highest BCUT2D eigenvalue weighted by Crippen LogP contribution is 2.32. The summed E-state index contributed by atoms with van der Waals surface area (Å²) < 4.78 is 42.7. The summed E-state index contributed by atoms with van der Waals surface area (Å²) in [5.41, 5.74) is 7.78. The first-order valence-corrected chi connectivity index (χ1v) is 18.7. The number of nitrogens with one attached hydrogen (secondary N) is 1. The number of thiazole rings is 1. The van der Waals surface area contributed by atoms with E-state index in [-0.39, 0.29) is 29.1 Å². The smallest absolute Gasteiger partial charge is 0.326 e. The van der Waals surface area contributed by atoms with Gasteiger partial charge >= 0.3 is 17.9 Å². The molecule has 3 heterocycles. The molecule has 5 aromatic rings. The van der Waals surface area contributed by atoms with Gasteiger partial charge in [0.2, 0.25) is 5.91 Å². The fourth-order valence-electron chi connectivity index (χ4n) is 6.74. The molecule has 0 unspecified atom stereocenters. The second-order valence-electron chi connectivity index (χ2n) is 13.3. The zero-order chi connectivity index (χ0) is 39.6. The van der Waals surface area contributed by atoms with Gasteiger partial charge in [-0.05, 0) is 62.3 Å². The summed E-state index contributed by atoms with van der Waals surface area (Å²) in [6, 6.07) is 14.9. The van der Waals surface area contributed by atoms with Gasteiger partial charge in [0, 0.05) is 36.1 Å². The summed E-state index contributed by atoms with van der Waals surface area (Å²) >= 11 is 0.955. The minimum absolute atomic E-state index is 0.0341. The number of aryl methyl sites for hydroxylation is 1. The van der Waals surface area contributed by atoms with Crippen LogP contribution in [-0.4, -0.2) is 84.8 Å². The van der Waals surface area contributed by atoms with E-state index in [9.17, 15) is 42.6 Å².